The first kappa shape index (κ1) is 14.8. The highest BCUT2D eigenvalue weighted by molar-refractivity contribution is 5.28. The molecule has 4 heteroatoms. The van der Waals surface area contributed by atoms with Crippen LogP contribution in [0.15, 0.2) is 36.4 Å². The molecule has 0 aliphatic heterocycles. The molecule has 100 valence electrons. The minimum Gasteiger partial charge on any atom is -0.384 e. The molecule has 1 unspecified atom stereocenters. The van der Waals surface area contributed by atoms with E-state index in [1.165, 1.54) is 12.1 Å². The van der Waals surface area contributed by atoms with Crippen molar-refractivity contribution in [2.24, 2.45) is 5.41 Å². The minimum absolute atomic E-state index is 0.0765. The Bertz CT molecular complexity index is 410. The zero-order valence-corrected chi connectivity index (χ0v) is 10.6. The van der Waals surface area contributed by atoms with E-state index in [0.29, 0.717) is 5.56 Å². The fourth-order valence-corrected chi connectivity index (χ4v) is 1.36. The fourth-order valence-electron chi connectivity index (χ4n) is 1.36. The summed E-state index contributed by atoms with van der Waals surface area (Å²) in [5.74, 6) is 0. The lowest BCUT2D eigenvalue weighted by atomic mass is 9.94. The van der Waals surface area contributed by atoms with Crippen molar-refractivity contribution in [3.05, 3.63) is 47.5 Å². The highest BCUT2D eigenvalue weighted by Crippen LogP contribution is 2.30. The third kappa shape index (κ3) is 4.53. The zero-order chi connectivity index (χ0) is 14.0. The highest BCUT2D eigenvalue weighted by atomic mass is 19.4. The second-order valence-corrected chi connectivity index (χ2v) is 5.29. The third-order valence-corrected chi connectivity index (χ3v) is 2.36. The Kier molecular flexibility index (Phi) is 4.22. The molecule has 0 amide bonds. The van der Waals surface area contributed by atoms with E-state index in [4.69, 9.17) is 0 Å². The monoisotopic (exact) mass is 258 g/mol. The lowest BCUT2D eigenvalue weighted by Gasteiger charge is -2.14. The maximum Gasteiger partial charge on any atom is 0.416 e. The quantitative estimate of drug-likeness (QED) is 0.782. The molecule has 0 aliphatic rings. The van der Waals surface area contributed by atoms with Gasteiger partial charge in [-0.1, -0.05) is 45.1 Å². The predicted octanol–water partition coefficient (Wildman–Crippen LogP) is 4.34. The van der Waals surface area contributed by atoms with Crippen LogP contribution in [0.2, 0.25) is 0 Å². The maximum atomic E-state index is 12.3. The molecule has 1 aromatic rings. The number of hydrogen-bond donors (Lipinski definition) is 1. The molecule has 1 nitrogen and oxygen atoms in total. The Labute approximate surface area is 105 Å². The summed E-state index contributed by atoms with van der Waals surface area (Å²) in [6.45, 7) is 5.93. The van der Waals surface area contributed by atoms with Gasteiger partial charge in [0.2, 0.25) is 0 Å². The molecule has 1 N–H and O–H groups in total. The standard InChI is InChI=1S/C14H17F3O/c1-13(2,3)9-8-12(18)10-4-6-11(7-5-10)14(15,16)17/h4-9,12,18H,1-3H3/b9-8+. The summed E-state index contributed by atoms with van der Waals surface area (Å²) in [6.07, 6.45) is -1.81. The lowest BCUT2D eigenvalue weighted by molar-refractivity contribution is -0.137. The molecule has 0 fully saturated rings. The van der Waals surface area contributed by atoms with Gasteiger partial charge in [-0.15, -0.1) is 0 Å². The van der Waals surface area contributed by atoms with Crippen molar-refractivity contribution >= 4 is 0 Å². The molecule has 0 heterocycles. The Balaban J connectivity index is 2.83. The van der Waals surface area contributed by atoms with Crippen molar-refractivity contribution < 1.29 is 18.3 Å². The molecule has 18 heavy (non-hydrogen) atoms. The first-order valence-corrected chi connectivity index (χ1v) is 5.64. The zero-order valence-electron chi connectivity index (χ0n) is 10.6. The van der Waals surface area contributed by atoms with Gasteiger partial charge in [0.05, 0.1) is 11.7 Å². The van der Waals surface area contributed by atoms with Gasteiger partial charge in [-0.2, -0.15) is 13.2 Å². The average Bonchev–Trinajstić information content (AvgIpc) is 2.24. The summed E-state index contributed by atoms with van der Waals surface area (Å²) >= 11 is 0. The normalized spacial score (nSPS) is 15.1. The van der Waals surface area contributed by atoms with Crippen molar-refractivity contribution in [2.75, 3.05) is 0 Å². The maximum absolute atomic E-state index is 12.3. The number of benzene rings is 1. The second kappa shape index (κ2) is 5.14. The summed E-state index contributed by atoms with van der Waals surface area (Å²) in [5, 5.41) is 9.81. The number of aliphatic hydroxyl groups excluding tert-OH is 1. The van der Waals surface area contributed by atoms with Crippen molar-refractivity contribution in [1.82, 2.24) is 0 Å². The van der Waals surface area contributed by atoms with Gasteiger partial charge in [0.15, 0.2) is 0 Å². The van der Waals surface area contributed by atoms with Crippen LogP contribution >= 0.6 is 0 Å². The average molecular weight is 258 g/mol. The smallest absolute Gasteiger partial charge is 0.384 e. The molecule has 0 saturated heterocycles. The Hall–Kier alpha value is -1.29. The molecule has 0 spiro atoms. The van der Waals surface area contributed by atoms with E-state index in [1.54, 1.807) is 6.08 Å². The van der Waals surface area contributed by atoms with Gasteiger partial charge in [0.25, 0.3) is 0 Å². The molecule has 1 atom stereocenters. The van der Waals surface area contributed by atoms with Gasteiger partial charge in [-0.25, -0.2) is 0 Å². The Morgan fingerprint density at radius 1 is 1.06 bits per heavy atom. The van der Waals surface area contributed by atoms with E-state index in [-0.39, 0.29) is 5.41 Å². The topological polar surface area (TPSA) is 20.2 Å². The largest absolute Gasteiger partial charge is 0.416 e. The molecule has 0 radical (unpaired) electrons. The van der Waals surface area contributed by atoms with Gasteiger partial charge < -0.3 is 5.11 Å². The van der Waals surface area contributed by atoms with Crippen molar-refractivity contribution in [2.45, 2.75) is 33.1 Å². The van der Waals surface area contributed by atoms with Gasteiger partial charge >= 0.3 is 6.18 Å². The first-order valence-electron chi connectivity index (χ1n) is 5.64. The highest BCUT2D eigenvalue weighted by Gasteiger charge is 2.30. The van der Waals surface area contributed by atoms with Crippen LogP contribution in [-0.4, -0.2) is 5.11 Å². The molecular formula is C14H17F3O. The summed E-state index contributed by atoms with van der Waals surface area (Å²) in [7, 11) is 0. The molecule has 0 aliphatic carbocycles. The van der Waals surface area contributed by atoms with Crippen LogP contribution in [0.25, 0.3) is 0 Å². The first-order chi connectivity index (χ1) is 8.09. The van der Waals surface area contributed by atoms with Gasteiger partial charge in [0, 0.05) is 0 Å². The Morgan fingerprint density at radius 2 is 1.56 bits per heavy atom. The van der Waals surface area contributed by atoms with E-state index in [9.17, 15) is 18.3 Å². The van der Waals surface area contributed by atoms with Gasteiger partial charge in [-0.05, 0) is 23.1 Å². The van der Waals surface area contributed by atoms with Gasteiger partial charge in [0.1, 0.15) is 0 Å². The third-order valence-electron chi connectivity index (χ3n) is 2.36. The van der Waals surface area contributed by atoms with Crippen molar-refractivity contribution in [1.29, 1.82) is 0 Å². The summed E-state index contributed by atoms with van der Waals surface area (Å²) in [6, 6.07) is 4.54. The molecular weight excluding hydrogens is 241 g/mol. The number of alkyl halides is 3. The molecule has 0 aromatic heterocycles. The van der Waals surface area contributed by atoms with E-state index < -0.39 is 17.8 Å². The van der Waals surface area contributed by atoms with Crippen LogP contribution in [0.1, 0.15) is 38.0 Å². The van der Waals surface area contributed by atoms with E-state index in [2.05, 4.69) is 0 Å². The number of halogens is 3. The van der Waals surface area contributed by atoms with E-state index in [1.807, 2.05) is 26.8 Å². The van der Waals surface area contributed by atoms with Crippen LogP contribution in [-0.2, 0) is 6.18 Å². The predicted molar refractivity (Wildman–Crippen MR) is 65.0 cm³/mol. The number of allylic oxidation sites excluding steroid dienone is 1. The van der Waals surface area contributed by atoms with Crippen molar-refractivity contribution in [3.63, 3.8) is 0 Å². The van der Waals surface area contributed by atoms with Gasteiger partial charge in [-0.3, -0.25) is 0 Å². The van der Waals surface area contributed by atoms with E-state index >= 15 is 0 Å². The minimum atomic E-state index is -4.34. The van der Waals surface area contributed by atoms with Crippen LogP contribution in [0.4, 0.5) is 13.2 Å². The summed E-state index contributed by atoms with van der Waals surface area (Å²) in [4.78, 5) is 0. The number of aliphatic hydroxyl groups is 1. The molecule has 1 rings (SSSR count). The number of rotatable bonds is 2. The molecule has 0 saturated carbocycles. The fraction of sp³-hybridized carbons (Fsp3) is 0.429. The van der Waals surface area contributed by atoms with Crippen LogP contribution < -0.4 is 0 Å². The SMILES string of the molecule is CC(C)(C)/C=C/C(O)c1ccc(C(F)(F)F)cc1. The number of hydrogen-bond acceptors (Lipinski definition) is 1. The Morgan fingerprint density at radius 3 is 1.94 bits per heavy atom. The summed E-state index contributed by atoms with van der Waals surface area (Å²) < 4.78 is 37.0. The van der Waals surface area contributed by atoms with Crippen LogP contribution in [0, 0.1) is 5.41 Å². The molecule has 0 bridgehead atoms. The van der Waals surface area contributed by atoms with E-state index in [0.717, 1.165) is 12.1 Å². The lowest BCUT2D eigenvalue weighted by Crippen LogP contribution is -2.05. The second-order valence-electron chi connectivity index (χ2n) is 5.29. The molecule has 1 aromatic carbocycles. The van der Waals surface area contributed by atoms with Crippen molar-refractivity contribution in [3.8, 4) is 0 Å². The summed E-state index contributed by atoms with van der Waals surface area (Å²) in [5.41, 5.74) is -0.339. The van der Waals surface area contributed by atoms with Crippen LogP contribution in [0.3, 0.4) is 0 Å². The van der Waals surface area contributed by atoms with Crippen LogP contribution in [0.5, 0.6) is 0 Å².